The van der Waals surface area contributed by atoms with Crippen molar-refractivity contribution in [1.29, 1.82) is 0 Å². The molecule has 0 aliphatic carbocycles. The number of likely N-dealkylation sites (N-methyl/N-ethyl adjacent to an activating group) is 2. The first kappa shape index (κ1) is 14.7. The lowest BCUT2D eigenvalue weighted by atomic mass is 10.2. The standard InChI is InChI=1S/C13H17N3O3/c1-3-16(9-11(17)14-2)13-10(5-4-8-15-13)6-7-12(18)19/h4-8H,3,9H2,1-2H3,(H,14,17)(H,18,19)/b7-6+. The van der Waals surface area contributed by atoms with Crippen molar-refractivity contribution in [2.75, 3.05) is 25.0 Å². The van der Waals surface area contributed by atoms with Crippen LogP contribution in [-0.4, -0.2) is 42.1 Å². The Morgan fingerprint density at radius 2 is 2.26 bits per heavy atom. The van der Waals surface area contributed by atoms with Gasteiger partial charge in [-0.05, 0) is 25.1 Å². The van der Waals surface area contributed by atoms with Crippen LogP contribution in [0.4, 0.5) is 5.82 Å². The van der Waals surface area contributed by atoms with Gasteiger partial charge in [0.25, 0.3) is 0 Å². The zero-order valence-electron chi connectivity index (χ0n) is 11.0. The van der Waals surface area contributed by atoms with Gasteiger partial charge in [-0.25, -0.2) is 9.78 Å². The Labute approximate surface area is 111 Å². The molecule has 0 aliphatic heterocycles. The van der Waals surface area contributed by atoms with Crippen molar-refractivity contribution >= 4 is 23.8 Å². The minimum atomic E-state index is -1.02. The predicted molar refractivity (Wildman–Crippen MR) is 72.9 cm³/mol. The zero-order chi connectivity index (χ0) is 14.3. The van der Waals surface area contributed by atoms with Gasteiger partial charge in [0, 0.05) is 31.4 Å². The molecule has 2 N–H and O–H groups in total. The van der Waals surface area contributed by atoms with E-state index in [0.29, 0.717) is 17.9 Å². The molecule has 0 radical (unpaired) electrons. The SMILES string of the molecule is CCN(CC(=O)NC)c1ncccc1/C=C/C(=O)O. The van der Waals surface area contributed by atoms with E-state index in [0.717, 1.165) is 6.08 Å². The molecule has 0 saturated heterocycles. The van der Waals surface area contributed by atoms with E-state index in [2.05, 4.69) is 10.3 Å². The maximum Gasteiger partial charge on any atom is 0.328 e. The van der Waals surface area contributed by atoms with Gasteiger partial charge in [0.1, 0.15) is 5.82 Å². The Bertz CT molecular complexity index is 486. The average Bonchev–Trinajstić information content (AvgIpc) is 2.42. The topological polar surface area (TPSA) is 82.5 Å². The van der Waals surface area contributed by atoms with Gasteiger partial charge in [-0.3, -0.25) is 4.79 Å². The molecule has 19 heavy (non-hydrogen) atoms. The Kier molecular flexibility index (Phi) is 5.53. The summed E-state index contributed by atoms with van der Waals surface area (Å²) in [5, 5.41) is 11.2. The fourth-order valence-corrected chi connectivity index (χ4v) is 1.55. The second-order valence-corrected chi connectivity index (χ2v) is 3.78. The first-order valence-corrected chi connectivity index (χ1v) is 5.90. The number of nitrogens with one attached hydrogen (secondary N) is 1. The van der Waals surface area contributed by atoms with E-state index in [9.17, 15) is 9.59 Å². The van der Waals surface area contributed by atoms with Crippen LogP contribution in [0.2, 0.25) is 0 Å². The number of carboxylic acid groups (broad SMARTS) is 1. The summed E-state index contributed by atoms with van der Waals surface area (Å²) in [6, 6.07) is 3.48. The van der Waals surface area contributed by atoms with Gasteiger partial charge < -0.3 is 15.3 Å². The third-order valence-corrected chi connectivity index (χ3v) is 2.52. The molecule has 0 fully saturated rings. The monoisotopic (exact) mass is 263 g/mol. The molecule has 0 bridgehead atoms. The summed E-state index contributed by atoms with van der Waals surface area (Å²) in [7, 11) is 1.57. The molecule has 0 aromatic carbocycles. The van der Waals surface area contributed by atoms with Crippen molar-refractivity contribution in [2.45, 2.75) is 6.92 Å². The fourth-order valence-electron chi connectivity index (χ4n) is 1.55. The van der Waals surface area contributed by atoms with E-state index in [1.807, 2.05) is 6.92 Å². The van der Waals surface area contributed by atoms with Crippen molar-refractivity contribution in [1.82, 2.24) is 10.3 Å². The lowest BCUT2D eigenvalue weighted by molar-refractivity contribution is -0.131. The summed E-state index contributed by atoms with van der Waals surface area (Å²) in [5.41, 5.74) is 0.663. The van der Waals surface area contributed by atoms with Crippen LogP contribution in [0.1, 0.15) is 12.5 Å². The van der Waals surface area contributed by atoms with Crippen molar-refractivity contribution in [3.63, 3.8) is 0 Å². The summed E-state index contributed by atoms with van der Waals surface area (Å²) < 4.78 is 0. The van der Waals surface area contributed by atoms with Gasteiger partial charge in [-0.15, -0.1) is 0 Å². The van der Waals surface area contributed by atoms with E-state index in [4.69, 9.17) is 5.11 Å². The number of rotatable bonds is 6. The Morgan fingerprint density at radius 1 is 1.53 bits per heavy atom. The molecule has 0 saturated carbocycles. The molecule has 102 valence electrons. The number of carboxylic acids is 1. The van der Waals surface area contributed by atoms with Crippen LogP contribution in [0.3, 0.4) is 0 Å². The normalized spacial score (nSPS) is 10.4. The van der Waals surface area contributed by atoms with Crippen molar-refractivity contribution in [3.8, 4) is 0 Å². The molecule has 6 heteroatoms. The third kappa shape index (κ3) is 4.42. The van der Waals surface area contributed by atoms with Crippen LogP contribution < -0.4 is 10.2 Å². The number of carbonyl (C=O) groups excluding carboxylic acids is 1. The molecular formula is C13H17N3O3. The zero-order valence-corrected chi connectivity index (χ0v) is 11.0. The van der Waals surface area contributed by atoms with Gasteiger partial charge in [0.2, 0.25) is 5.91 Å². The molecule has 1 amide bonds. The Balaban J connectivity index is 3.02. The van der Waals surface area contributed by atoms with Crippen molar-refractivity contribution < 1.29 is 14.7 Å². The molecular weight excluding hydrogens is 246 g/mol. The van der Waals surface area contributed by atoms with E-state index in [1.165, 1.54) is 6.08 Å². The number of anilines is 1. The van der Waals surface area contributed by atoms with Gasteiger partial charge in [0.05, 0.1) is 6.54 Å². The largest absolute Gasteiger partial charge is 0.478 e. The Hall–Kier alpha value is -2.37. The van der Waals surface area contributed by atoms with Gasteiger partial charge in [-0.2, -0.15) is 0 Å². The molecule has 0 unspecified atom stereocenters. The molecule has 0 atom stereocenters. The van der Waals surface area contributed by atoms with Crippen LogP contribution >= 0.6 is 0 Å². The highest BCUT2D eigenvalue weighted by Gasteiger charge is 2.12. The van der Waals surface area contributed by atoms with Crippen LogP contribution in [0.25, 0.3) is 6.08 Å². The first-order chi connectivity index (χ1) is 9.08. The number of amides is 1. The summed E-state index contributed by atoms with van der Waals surface area (Å²) in [5.74, 6) is -0.559. The summed E-state index contributed by atoms with van der Waals surface area (Å²) in [4.78, 5) is 28.0. The fraction of sp³-hybridized carbons (Fsp3) is 0.308. The van der Waals surface area contributed by atoms with Crippen LogP contribution in [0.5, 0.6) is 0 Å². The second-order valence-electron chi connectivity index (χ2n) is 3.78. The quantitative estimate of drug-likeness (QED) is 0.740. The van der Waals surface area contributed by atoms with E-state index in [-0.39, 0.29) is 12.5 Å². The maximum absolute atomic E-state index is 11.4. The number of aromatic nitrogens is 1. The first-order valence-electron chi connectivity index (χ1n) is 5.90. The summed E-state index contributed by atoms with van der Waals surface area (Å²) >= 11 is 0. The van der Waals surface area contributed by atoms with Crippen LogP contribution in [-0.2, 0) is 9.59 Å². The van der Waals surface area contributed by atoms with Crippen molar-refractivity contribution in [3.05, 3.63) is 30.0 Å². The minimum Gasteiger partial charge on any atom is -0.478 e. The van der Waals surface area contributed by atoms with Gasteiger partial charge >= 0.3 is 5.97 Å². The number of pyridine rings is 1. The Morgan fingerprint density at radius 3 is 2.84 bits per heavy atom. The van der Waals surface area contributed by atoms with E-state index >= 15 is 0 Å². The maximum atomic E-state index is 11.4. The molecule has 6 nitrogen and oxygen atoms in total. The highest BCUT2D eigenvalue weighted by atomic mass is 16.4. The molecule has 0 aliphatic rings. The minimum absolute atomic E-state index is 0.124. The van der Waals surface area contributed by atoms with Gasteiger partial charge in [0.15, 0.2) is 0 Å². The third-order valence-electron chi connectivity index (χ3n) is 2.52. The summed E-state index contributed by atoms with van der Waals surface area (Å²) in [6.07, 6.45) is 4.13. The van der Waals surface area contributed by atoms with E-state index < -0.39 is 5.97 Å². The lowest BCUT2D eigenvalue weighted by Gasteiger charge is -2.22. The smallest absolute Gasteiger partial charge is 0.328 e. The molecule has 1 aromatic rings. The highest BCUT2D eigenvalue weighted by Crippen LogP contribution is 2.18. The van der Waals surface area contributed by atoms with Crippen LogP contribution in [0.15, 0.2) is 24.4 Å². The second kappa shape index (κ2) is 7.15. The number of carbonyl (C=O) groups is 2. The number of aliphatic carboxylic acids is 1. The van der Waals surface area contributed by atoms with Crippen LogP contribution in [0, 0.1) is 0 Å². The average molecular weight is 263 g/mol. The number of hydrogen-bond acceptors (Lipinski definition) is 4. The number of nitrogens with zero attached hydrogens (tertiary/aromatic N) is 2. The highest BCUT2D eigenvalue weighted by molar-refractivity contribution is 5.87. The summed E-state index contributed by atoms with van der Waals surface area (Å²) in [6.45, 7) is 2.68. The molecule has 1 aromatic heterocycles. The van der Waals surface area contributed by atoms with E-state index in [1.54, 1.807) is 30.3 Å². The number of hydrogen-bond donors (Lipinski definition) is 2. The molecule has 0 spiro atoms. The lowest BCUT2D eigenvalue weighted by Crippen LogP contribution is -2.36. The van der Waals surface area contributed by atoms with Gasteiger partial charge in [-0.1, -0.05) is 0 Å². The van der Waals surface area contributed by atoms with Crippen molar-refractivity contribution in [2.24, 2.45) is 0 Å². The molecule has 1 heterocycles. The predicted octanol–water partition coefficient (Wildman–Crippen LogP) is 0.752. The molecule has 1 rings (SSSR count).